The lowest BCUT2D eigenvalue weighted by atomic mass is 10.1. The number of quaternary nitrogens is 1. The number of nitrogens with zero attached hydrogens (tertiary/aromatic N) is 1. The van der Waals surface area contributed by atoms with Gasteiger partial charge in [-0.25, -0.2) is 0 Å². The smallest absolute Gasteiger partial charge is 0.0974 e. The Labute approximate surface area is 147 Å². The van der Waals surface area contributed by atoms with Gasteiger partial charge in [0.05, 0.1) is 26.7 Å². The number of unbranched alkanes of at least 4 members (excludes halogenated alkanes) is 10. The van der Waals surface area contributed by atoms with Gasteiger partial charge < -0.3 is 4.48 Å². The third-order valence-electron chi connectivity index (χ3n) is 4.92. The summed E-state index contributed by atoms with van der Waals surface area (Å²) in [7, 11) is 2.45. The summed E-state index contributed by atoms with van der Waals surface area (Å²) in [6.45, 7) is 12.2. The fourth-order valence-electron chi connectivity index (χ4n) is 3.25. The Bertz CT molecular complexity index is 264. The first-order valence-corrected chi connectivity index (χ1v) is 10.3. The molecule has 23 heavy (non-hydrogen) atoms. The largest absolute Gasteiger partial charge is 0.323 e. The van der Waals surface area contributed by atoms with Gasteiger partial charge in [-0.2, -0.15) is 0 Å². The van der Waals surface area contributed by atoms with Gasteiger partial charge in [-0.3, -0.25) is 0 Å². The number of allylic oxidation sites excluding steroid dienone is 2. The van der Waals surface area contributed by atoms with Crippen molar-refractivity contribution in [3.63, 3.8) is 0 Å². The molecule has 0 saturated carbocycles. The molecular weight excluding hydrogens is 278 g/mol. The zero-order valence-electron chi connectivity index (χ0n) is 16.5. The molecule has 0 aromatic carbocycles. The third kappa shape index (κ3) is 14.7. The molecule has 0 heterocycles. The highest BCUT2D eigenvalue weighted by Crippen LogP contribution is 2.13. The van der Waals surface area contributed by atoms with E-state index >= 15 is 0 Å². The second-order valence-corrected chi connectivity index (χ2v) is 7.45. The van der Waals surface area contributed by atoms with Gasteiger partial charge in [0.2, 0.25) is 0 Å². The van der Waals surface area contributed by atoms with E-state index < -0.39 is 0 Å². The highest BCUT2D eigenvalue weighted by Gasteiger charge is 2.18. The molecule has 0 unspecified atom stereocenters. The minimum atomic E-state index is 1.16. The van der Waals surface area contributed by atoms with Crippen LogP contribution in [0.4, 0.5) is 0 Å². The minimum absolute atomic E-state index is 1.16. The summed E-state index contributed by atoms with van der Waals surface area (Å²) in [6, 6.07) is 0. The monoisotopic (exact) mass is 322 g/mol. The molecule has 0 aliphatic carbocycles. The average molecular weight is 323 g/mol. The quantitative estimate of drug-likeness (QED) is 0.155. The van der Waals surface area contributed by atoms with Crippen LogP contribution in [0.2, 0.25) is 0 Å². The fraction of sp³-hybridized carbons (Fsp3) is 0.818. The predicted octanol–water partition coefficient (Wildman–Crippen LogP) is 6.90. The summed E-state index contributed by atoms with van der Waals surface area (Å²) >= 11 is 0. The van der Waals surface area contributed by atoms with Gasteiger partial charge in [-0.15, -0.1) is 0 Å². The van der Waals surface area contributed by atoms with Crippen LogP contribution in [-0.4, -0.2) is 31.2 Å². The zero-order chi connectivity index (χ0) is 17.2. The van der Waals surface area contributed by atoms with Crippen LogP contribution >= 0.6 is 0 Å². The Kier molecular flexibility index (Phi) is 15.9. The van der Waals surface area contributed by atoms with Crippen molar-refractivity contribution >= 4 is 0 Å². The Balaban J connectivity index is 4.02. The SMILES string of the molecule is C=C/C=C/C[N+](C)(CCCCCCCC)CCCCCCCC. The minimum Gasteiger partial charge on any atom is -0.323 e. The predicted molar refractivity (Wildman–Crippen MR) is 107 cm³/mol. The van der Waals surface area contributed by atoms with Crippen molar-refractivity contribution in [3.05, 3.63) is 24.8 Å². The third-order valence-corrected chi connectivity index (χ3v) is 4.92. The van der Waals surface area contributed by atoms with E-state index in [1.807, 2.05) is 6.08 Å². The van der Waals surface area contributed by atoms with Gasteiger partial charge in [-0.1, -0.05) is 83.9 Å². The Morgan fingerprint density at radius 3 is 1.57 bits per heavy atom. The Morgan fingerprint density at radius 1 is 0.696 bits per heavy atom. The fourth-order valence-corrected chi connectivity index (χ4v) is 3.25. The second-order valence-electron chi connectivity index (χ2n) is 7.45. The standard InChI is InChI=1S/C22H44N/c1-5-8-11-13-15-18-21-23(4,20-17-10-7-3)22-19-16-14-12-9-6-2/h7,10,17H,3,5-6,8-9,11-16,18-22H2,1-2,4H3/q+1/b17-10+. The molecule has 0 aromatic heterocycles. The molecule has 0 aromatic rings. The summed E-state index contributed by atoms with van der Waals surface area (Å²) in [5.74, 6) is 0. The first kappa shape index (κ1) is 22.4. The number of rotatable bonds is 17. The Morgan fingerprint density at radius 2 is 1.13 bits per heavy atom. The van der Waals surface area contributed by atoms with Crippen molar-refractivity contribution in [1.29, 1.82) is 0 Å². The van der Waals surface area contributed by atoms with Gasteiger partial charge in [0.25, 0.3) is 0 Å². The molecule has 0 N–H and O–H groups in total. The summed E-state index contributed by atoms with van der Waals surface area (Å²) in [4.78, 5) is 0. The van der Waals surface area contributed by atoms with Crippen LogP contribution in [0.25, 0.3) is 0 Å². The summed E-state index contributed by atoms with van der Waals surface area (Å²) in [5.41, 5.74) is 0. The molecule has 0 aliphatic rings. The second kappa shape index (κ2) is 16.3. The lowest BCUT2D eigenvalue weighted by Crippen LogP contribution is -2.45. The molecule has 0 rings (SSSR count). The van der Waals surface area contributed by atoms with Gasteiger partial charge in [0, 0.05) is 0 Å². The van der Waals surface area contributed by atoms with Crippen LogP contribution in [0.1, 0.15) is 90.9 Å². The molecule has 0 saturated heterocycles. The zero-order valence-corrected chi connectivity index (χ0v) is 16.5. The molecule has 1 nitrogen and oxygen atoms in total. The first-order valence-electron chi connectivity index (χ1n) is 10.3. The summed E-state index contributed by atoms with van der Waals surface area (Å²) < 4.78 is 1.21. The van der Waals surface area contributed by atoms with Crippen LogP contribution in [-0.2, 0) is 0 Å². The normalized spacial score (nSPS) is 12.1. The van der Waals surface area contributed by atoms with Crippen LogP contribution < -0.4 is 0 Å². The Hall–Kier alpha value is -0.560. The lowest BCUT2D eigenvalue weighted by molar-refractivity contribution is -0.904. The van der Waals surface area contributed by atoms with Gasteiger partial charge in [-0.05, 0) is 31.8 Å². The number of hydrogen-bond acceptors (Lipinski definition) is 0. The molecule has 0 radical (unpaired) electrons. The molecule has 0 atom stereocenters. The van der Waals surface area contributed by atoms with E-state index in [4.69, 9.17) is 0 Å². The van der Waals surface area contributed by atoms with E-state index in [1.54, 1.807) is 0 Å². The van der Waals surface area contributed by atoms with Crippen molar-refractivity contribution < 1.29 is 4.48 Å². The molecule has 0 spiro atoms. The number of hydrogen-bond donors (Lipinski definition) is 0. The summed E-state index contributed by atoms with van der Waals surface area (Å²) in [6.07, 6.45) is 23.1. The van der Waals surface area contributed by atoms with E-state index in [0.29, 0.717) is 0 Å². The molecule has 0 aliphatic heterocycles. The lowest BCUT2D eigenvalue weighted by Gasteiger charge is -2.34. The summed E-state index contributed by atoms with van der Waals surface area (Å²) in [5, 5.41) is 0. The van der Waals surface area contributed by atoms with E-state index in [2.05, 4.69) is 39.6 Å². The maximum absolute atomic E-state index is 3.79. The van der Waals surface area contributed by atoms with Crippen LogP contribution in [0.3, 0.4) is 0 Å². The molecule has 136 valence electrons. The molecular formula is C22H44N+. The molecule has 1 heteroatoms. The average Bonchev–Trinajstić information content (AvgIpc) is 2.54. The van der Waals surface area contributed by atoms with Crippen LogP contribution in [0.5, 0.6) is 0 Å². The van der Waals surface area contributed by atoms with Crippen molar-refractivity contribution in [2.24, 2.45) is 0 Å². The first-order chi connectivity index (χ1) is 11.2. The highest BCUT2D eigenvalue weighted by molar-refractivity contribution is 4.97. The maximum Gasteiger partial charge on any atom is 0.0974 e. The van der Waals surface area contributed by atoms with Gasteiger partial charge in [0.15, 0.2) is 0 Å². The van der Waals surface area contributed by atoms with Crippen LogP contribution in [0, 0.1) is 0 Å². The van der Waals surface area contributed by atoms with Crippen molar-refractivity contribution in [2.75, 3.05) is 26.7 Å². The van der Waals surface area contributed by atoms with E-state index in [9.17, 15) is 0 Å². The molecule has 0 fully saturated rings. The van der Waals surface area contributed by atoms with Crippen molar-refractivity contribution in [2.45, 2.75) is 90.9 Å². The number of likely N-dealkylation sites (N-methyl/N-ethyl adjacent to an activating group) is 1. The van der Waals surface area contributed by atoms with Gasteiger partial charge >= 0.3 is 0 Å². The van der Waals surface area contributed by atoms with Gasteiger partial charge in [0.1, 0.15) is 0 Å². The van der Waals surface area contributed by atoms with E-state index in [1.165, 1.54) is 94.6 Å². The topological polar surface area (TPSA) is 0 Å². The van der Waals surface area contributed by atoms with E-state index in [0.717, 1.165) is 6.54 Å². The molecule has 0 bridgehead atoms. The van der Waals surface area contributed by atoms with Crippen LogP contribution in [0.15, 0.2) is 24.8 Å². The highest BCUT2D eigenvalue weighted by atomic mass is 15.3. The van der Waals surface area contributed by atoms with Crippen molar-refractivity contribution in [1.82, 2.24) is 0 Å². The van der Waals surface area contributed by atoms with E-state index in [-0.39, 0.29) is 0 Å². The maximum atomic E-state index is 3.79. The molecule has 0 amide bonds. The van der Waals surface area contributed by atoms with Crippen molar-refractivity contribution in [3.8, 4) is 0 Å².